The van der Waals surface area contributed by atoms with Gasteiger partial charge in [0, 0.05) is 6.04 Å². The fourth-order valence-electron chi connectivity index (χ4n) is 2.31. The summed E-state index contributed by atoms with van der Waals surface area (Å²) in [5.41, 5.74) is 2.45. The summed E-state index contributed by atoms with van der Waals surface area (Å²) in [6.07, 6.45) is 7.37. The minimum atomic E-state index is -0.117. The van der Waals surface area contributed by atoms with E-state index in [-0.39, 0.29) is 5.82 Å². The normalized spacial score (nSPS) is 19.2. The molecule has 1 aromatic carbocycles. The molecule has 0 spiro atoms. The fourth-order valence-corrected chi connectivity index (χ4v) is 2.31. The summed E-state index contributed by atoms with van der Waals surface area (Å²) >= 11 is 0. The van der Waals surface area contributed by atoms with E-state index in [1.807, 2.05) is 13.0 Å². The molecular formula is C14H18FN. The van der Waals surface area contributed by atoms with Crippen LogP contribution in [-0.4, -0.2) is 6.54 Å². The SMILES string of the molecule is C/C=C/CCNC1CCc2cc(F)ccc21. The molecule has 0 saturated carbocycles. The van der Waals surface area contributed by atoms with E-state index in [4.69, 9.17) is 0 Å². The average molecular weight is 219 g/mol. The lowest BCUT2D eigenvalue weighted by Gasteiger charge is -2.13. The molecular weight excluding hydrogens is 201 g/mol. The van der Waals surface area contributed by atoms with Crippen LogP contribution in [0.2, 0.25) is 0 Å². The molecule has 1 aromatic rings. The highest BCUT2D eigenvalue weighted by molar-refractivity contribution is 5.34. The Labute approximate surface area is 96.4 Å². The largest absolute Gasteiger partial charge is 0.310 e. The van der Waals surface area contributed by atoms with Gasteiger partial charge in [0.2, 0.25) is 0 Å². The highest BCUT2D eigenvalue weighted by Gasteiger charge is 2.21. The minimum Gasteiger partial charge on any atom is -0.310 e. The van der Waals surface area contributed by atoms with Gasteiger partial charge in [-0.25, -0.2) is 4.39 Å². The van der Waals surface area contributed by atoms with Crippen LogP contribution in [0.1, 0.15) is 36.9 Å². The molecule has 0 amide bonds. The summed E-state index contributed by atoms with van der Waals surface area (Å²) in [5, 5.41) is 3.52. The Hall–Kier alpha value is -1.15. The summed E-state index contributed by atoms with van der Waals surface area (Å²) < 4.78 is 13.0. The van der Waals surface area contributed by atoms with Crippen LogP contribution in [-0.2, 0) is 6.42 Å². The predicted molar refractivity (Wildman–Crippen MR) is 64.9 cm³/mol. The molecule has 1 aliphatic rings. The molecule has 16 heavy (non-hydrogen) atoms. The quantitative estimate of drug-likeness (QED) is 0.604. The molecule has 1 N–H and O–H groups in total. The molecule has 2 heteroatoms. The van der Waals surface area contributed by atoms with E-state index >= 15 is 0 Å². The Morgan fingerprint density at radius 2 is 2.38 bits per heavy atom. The highest BCUT2D eigenvalue weighted by Crippen LogP contribution is 2.31. The van der Waals surface area contributed by atoms with Gasteiger partial charge in [-0.05, 0) is 56.0 Å². The first-order valence-corrected chi connectivity index (χ1v) is 5.94. The summed E-state index contributed by atoms with van der Waals surface area (Å²) in [6, 6.07) is 5.57. The van der Waals surface area contributed by atoms with Crippen molar-refractivity contribution in [3.05, 3.63) is 47.3 Å². The van der Waals surface area contributed by atoms with Gasteiger partial charge < -0.3 is 5.32 Å². The summed E-state index contributed by atoms with van der Waals surface area (Å²) in [6.45, 7) is 3.03. The zero-order valence-electron chi connectivity index (χ0n) is 9.67. The van der Waals surface area contributed by atoms with E-state index in [0.717, 1.165) is 25.8 Å². The lowest BCUT2D eigenvalue weighted by molar-refractivity contribution is 0.536. The lowest BCUT2D eigenvalue weighted by atomic mass is 10.1. The van der Waals surface area contributed by atoms with Gasteiger partial charge in [0.05, 0.1) is 0 Å². The second-order valence-corrected chi connectivity index (χ2v) is 4.25. The van der Waals surface area contributed by atoms with E-state index in [9.17, 15) is 4.39 Å². The molecule has 0 aliphatic heterocycles. The average Bonchev–Trinajstić information content (AvgIpc) is 2.67. The maximum atomic E-state index is 13.0. The van der Waals surface area contributed by atoms with Gasteiger partial charge in [0.25, 0.3) is 0 Å². The molecule has 1 unspecified atom stereocenters. The third-order valence-corrected chi connectivity index (χ3v) is 3.12. The molecule has 0 heterocycles. The number of hydrogen-bond donors (Lipinski definition) is 1. The van der Waals surface area contributed by atoms with Crippen LogP contribution in [0.15, 0.2) is 30.4 Å². The number of halogens is 1. The minimum absolute atomic E-state index is 0.117. The first-order chi connectivity index (χ1) is 7.81. The number of nitrogens with one attached hydrogen (secondary N) is 1. The molecule has 0 saturated heterocycles. The summed E-state index contributed by atoms with van der Waals surface area (Å²) in [7, 11) is 0. The van der Waals surface area contributed by atoms with Crippen molar-refractivity contribution in [1.82, 2.24) is 5.32 Å². The van der Waals surface area contributed by atoms with Gasteiger partial charge in [0.15, 0.2) is 0 Å². The molecule has 1 atom stereocenters. The Balaban J connectivity index is 1.95. The van der Waals surface area contributed by atoms with Crippen molar-refractivity contribution in [2.24, 2.45) is 0 Å². The Morgan fingerprint density at radius 1 is 1.50 bits per heavy atom. The Morgan fingerprint density at radius 3 is 3.19 bits per heavy atom. The van der Waals surface area contributed by atoms with E-state index in [0.29, 0.717) is 6.04 Å². The van der Waals surface area contributed by atoms with Gasteiger partial charge >= 0.3 is 0 Å². The molecule has 86 valence electrons. The van der Waals surface area contributed by atoms with E-state index in [1.54, 1.807) is 12.1 Å². The van der Waals surface area contributed by atoms with Gasteiger partial charge in [-0.1, -0.05) is 18.2 Å². The first-order valence-electron chi connectivity index (χ1n) is 5.94. The van der Waals surface area contributed by atoms with Crippen LogP contribution in [0.4, 0.5) is 4.39 Å². The van der Waals surface area contributed by atoms with Crippen LogP contribution in [0.25, 0.3) is 0 Å². The third kappa shape index (κ3) is 2.50. The van der Waals surface area contributed by atoms with Crippen molar-refractivity contribution in [2.75, 3.05) is 6.54 Å². The molecule has 1 nitrogen and oxygen atoms in total. The van der Waals surface area contributed by atoms with Crippen molar-refractivity contribution in [3.63, 3.8) is 0 Å². The maximum absolute atomic E-state index is 13.0. The summed E-state index contributed by atoms with van der Waals surface area (Å²) in [5.74, 6) is -0.117. The van der Waals surface area contributed by atoms with Crippen LogP contribution in [0.3, 0.4) is 0 Å². The first kappa shape index (κ1) is 11.3. The van der Waals surface area contributed by atoms with Crippen LogP contribution in [0, 0.1) is 5.82 Å². The fraction of sp³-hybridized carbons (Fsp3) is 0.429. The topological polar surface area (TPSA) is 12.0 Å². The highest BCUT2D eigenvalue weighted by atomic mass is 19.1. The van der Waals surface area contributed by atoms with Gasteiger partial charge in [0.1, 0.15) is 5.82 Å². The van der Waals surface area contributed by atoms with Crippen molar-refractivity contribution < 1.29 is 4.39 Å². The van der Waals surface area contributed by atoms with Gasteiger partial charge in [-0.2, -0.15) is 0 Å². The smallest absolute Gasteiger partial charge is 0.123 e. The monoisotopic (exact) mass is 219 g/mol. The third-order valence-electron chi connectivity index (χ3n) is 3.12. The second-order valence-electron chi connectivity index (χ2n) is 4.25. The zero-order chi connectivity index (χ0) is 11.4. The Bertz CT molecular complexity index is 384. The zero-order valence-corrected chi connectivity index (χ0v) is 9.67. The molecule has 0 radical (unpaired) electrons. The second kappa shape index (κ2) is 5.26. The number of aryl methyl sites for hydroxylation is 1. The van der Waals surface area contributed by atoms with Gasteiger partial charge in [-0.3, -0.25) is 0 Å². The van der Waals surface area contributed by atoms with Crippen LogP contribution in [0.5, 0.6) is 0 Å². The number of allylic oxidation sites excluding steroid dienone is 1. The van der Waals surface area contributed by atoms with E-state index in [1.165, 1.54) is 11.1 Å². The predicted octanol–water partition coefficient (Wildman–Crippen LogP) is 3.37. The van der Waals surface area contributed by atoms with Crippen molar-refractivity contribution in [2.45, 2.75) is 32.2 Å². The molecule has 0 bridgehead atoms. The molecule has 1 aliphatic carbocycles. The molecule has 0 aromatic heterocycles. The van der Waals surface area contributed by atoms with Crippen molar-refractivity contribution >= 4 is 0 Å². The van der Waals surface area contributed by atoms with E-state index in [2.05, 4.69) is 17.5 Å². The van der Waals surface area contributed by atoms with Crippen molar-refractivity contribution in [3.8, 4) is 0 Å². The number of benzene rings is 1. The van der Waals surface area contributed by atoms with Crippen LogP contribution < -0.4 is 5.32 Å². The summed E-state index contributed by atoms with van der Waals surface area (Å²) in [4.78, 5) is 0. The molecule has 2 rings (SSSR count). The number of fused-ring (bicyclic) bond motifs is 1. The van der Waals surface area contributed by atoms with Crippen molar-refractivity contribution in [1.29, 1.82) is 0 Å². The Kier molecular flexibility index (Phi) is 3.73. The number of rotatable bonds is 4. The number of hydrogen-bond acceptors (Lipinski definition) is 1. The van der Waals surface area contributed by atoms with Crippen LogP contribution >= 0.6 is 0 Å². The van der Waals surface area contributed by atoms with E-state index < -0.39 is 0 Å². The molecule has 0 fully saturated rings. The maximum Gasteiger partial charge on any atom is 0.123 e. The standard InChI is InChI=1S/C14H18FN/c1-2-3-4-9-16-14-8-5-11-10-12(15)6-7-13(11)14/h2-3,6-7,10,14,16H,4-5,8-9H2,1H3/b3-2+. The lowest BCUT2D eigenvalue weighted by Crippen LogP contribution is -2.19. The van der Waals surface area contributed by atoms with Gasteiger partial charge in [-0.15, -0.1) is 0 Å².